The molecule has 6 rings (SSSR count). The molecule has 5 aliphatic rings. The van der Waals surface area contributed by atoms with Crippen molar-refractivity contribution in [3.05, 3.63) is 30.3 Å². The first-order valence-electron chi connectivity index (χ1n) is 10.8. The summed E-state index contributed by atoms with van der Waals surface area (Å²) in [5.74, 6) is 2.69. The quantitative estimate of drug-likeness (QED) is 0.876. The lowest BCUT2D eigenvalue weighted by molar-refractivity contribution is -0.159. The number of anilines is 1. The van der Waals surface area contributed by atoms with Crippen LogP contribution in [0.2, 0.25) is 0 Å². The van der Waals surface area contributed by atoms with E-state index in [1.54, 1.807) is 0 Å². The molecule has 0 radical (unpaired) electrons. The summed E-state index contributed by atoms with van der Waals surface area (Å²) in [6.07, 6.45) is 9.20. The molecular formula is C23H30N2O2. The van der Waals surface area contributed by atoms with E-state index in [9.17, 15) is 9.59 Å². The predicted molar refractivity (Wildman–Crippen MR) is 105 cm³/mol. The van der Waals surface area contributed by atoms with Crippen LogP contribution >= 0.6 is 0 Å². The molecule has 5 fully saturated rings. The van der Waals surface area contributed by atoms with Gasteiger partial charge in [0.2, 0.25) is 11.8 Å². The van der Waals surface area contributed by atoms with Crippen LogP contribution in [0, 0.1) is 29.1 Å². The Morgan fingerprint density at radius 1 is 0.963 bits per heavy atom. The molecule has 4 aliphatic carbocycles. The van der Waals surface area contributed by atoms with E-state index >= 15 is 0 Å². The number of hydrogen-bond donors (Lipinski definition) is 1. The molecule has 0 unspecified atom stereocenters. The Hall–Kier alpha value is -1.84. The minimum atomic E-state index is -0.0907. The van der Waals surface area contributed by atoms with Crippen molar-refractivity contribution in [1.82, 2.24) is 4.90 Å². The lowest BCUT2D eigenvalue weighted by Crippen LogP contribution is -2.56. The Bertz CT molecular complexity index is 694. The fourth-order valence-electron chi connectivity index (χ4n) is 6.85. The Morgan fingerprint density at radius 2 is 1.59 bits per heavy atom. The second kappa shape index (κ2) is 6.65. The van der Waals surface area contributed by atoms with Crippen LogP contribution in [0.25, 0.3) is 0 Å². The first-order chi connectivity index (χ1) is 13.1. The third kappa shape index (κ3) is 3.17. The van der Waals surface area contributed by atoms with Gasteiger partial charge in [-0.25, -0.2) is 0 Å². The second-order valence-corrected chi connectivity index (χ2v) is 9.64. The third-order valence-electron chi connectivity index (χ3n) is 7.61. The third-order valence-corrected chi connectivity index (χ3v) is 7.61. The molecule has 1 atom stereocenters. The highest BCUT2D eigenvalue weighted by atomic mass is 16.2. The smallest absolute Gasteiger partial charge is 0.229 e. The molecule has 1 heterocycles. The van der Waals surface area contributed by atoms with Crippen molar-refractivity contribution < 1.29 is 9.59 Å². The molecule has 4 nitrogen and oxygen atoms in total. The summed E-state index contributed by atoms with van der Waals surface area (Å²) in [5, 5.41) is 3.03. The number of nitrogens with zero attached hydrogens (tertiary/aromatic N) is 1. The zero-order valence-corrected chi connectivity index (χ0v) is 16.0. The Kier molecular flexibility index (Phi) is 4.25. The maximum atomic E-state index is 13.6. The summed E-state index contributed by atoms with van der Waals surface area (Å²) in [5.41, 5.74) is 0.749. The van der Waals surface area contributed by atoms with Crippen LogP contribution in [0.15, 0.2) is 30.3 Å². The molecule has 1 aromatic rings. The SMILES string of the molecule is O=C(Nc1ccccc1)[C@@H]1CCCN(C(=O)C23CC4CC(CC(C4)C2)C3)C1. The fourth-order valence-corrected chi connectivity index (χ4v) is 6.85. The zero-order chi connectivity index (χ0) is 18.4. The summed E-state index contributed by atoms with van der Waals surface area (Å²) in [6, 6.07) is 9.64. The number of amides is 2. The molecule has 4 bridgehead atoms. The number of carbonyl (C=O) groups excluding carboxylic acids is 2. The van der Waals surface area contributed by atoms with Crippen LogP contribution < -0.4 is 5.32 Å². The van der Waals surface area contributed by atoms with E-state index < -0.39 is 0 Å². The number of hydrogen-bond acceptors (Lipinski definition) is 2. The summed E-state index contributed by atoms with van der Waals surface area (Å²) in [6.45, 7) is 1.43. The number of rotatable bonds is 3. The van der Waals surface area contributed by atoms with E-state index in [1.807, 2.05) is 35.2 Å². The number of carbonyl (C=O) groups is 2. The topological polar surface area (TPSA) is 49.4 Å². The van der Waals surface area contributed by atoms with Crippen molar-refractivity contribution in [3.8, 4) is 0 Å². The average molecular weight is 367 g/mol. The van der Waals surface area contributed by atoms with Gasteiger partial charge in [0.1, 0.15) is 0 Å². The van der Waals surface area contributed by atoms with E-state index in [-0.39, 0.29) is 17.2 Å². The summed E-state index contributed by atoms with van der Waals surface area (Å²) >= 11 is 0. The number of para-hydroxylation sites is 1. The van der Waals surface area contributed by atoms with Crippen LogP contribution in [-0.4, -0.2) is 29.8 Å². The van der Waals surface area contributed by atoms with Gasteiger partial charge in [0.05, 0.1) is 11.3 Å². The highest BCUT2D eigenvalue weighted by molar-refractivity contribution is 5.93. The Balaban J connectivity index is 1.27. The number of benzene rings is 1. The van der Waals surface area contributed by atoms with E-state index in [2.05, 4.69) is 5.32 Å². The normalized spacial score (nSPS) is 37.3. The van der Waals surface area contributed by atoms with Gasteiger partial charge in [-0.1, -0.05) is 18.2 Å². The Morgan fingerprint density at radius 3 is 2.22 bits per heavy atom. The van der Waals surface area contributed by atoms with Crippen LogP contribution in [0.5, 0.6) is 0 Å². The standard InChI is InChI=1S/C23H30N2O2/c26-21(24-20-6-2-1-3-7-20)19-5-4-8-25(15-19)22(27)23-12-16-9-17(13-23)11-18(10-16)14-23/h1-3,6-7,16-19H,4-5,8-15H2,(H,24,26)/t16?,17?,18?,19-,23?/m1/s1. The van der Waals surface area contributed by atoms with Crippen LogP contribution in [0.4, 0.5) is 5.69 Å². The van der Waals surface area contributed by atoms with Crippen molar-refractivity contribution in [2.75, 3.05) is 18.4 Å². The molecule has 1 N–H and O–H groups in total. The number of nitrogens with one attached hydrogen (secondary N) is 1. The van der Waals surface area contributed by atoms with Crippen molar-refractivity contribution >= 4 is 17.5 Å². The molecule has 4 heteroatoms. The van der Waals surface area contributed by atoms with Crippen LogP contribution in [-0.2, 0) is 9.59 Å². The van der Waals surface area contributed by atoms with Crippen LogP contribution in [0.3, 0.4) is 0 Å². The highest BCUT2D eigenvalue weighted by Gasteiger charge is 2.55. The monoisotopic (exact) mass is 366 g/mol. The van der Waals surface area contributed by atoms with Crippen molar-refractivity contribution in [2.24, 2.45) is 29.1 Å². The van der Waals surface area contributed by atoms with Gasteiger partial charge in [0.15, 0.2) is 0 Å². The highest BCUT2D eigenvalue weighted by Crippen LogP contribution is 2.60. The van der Waals surface area contributed by atoms with E-state index in [4.69, 9.17) is 0 Å². The summed E-state index contributed by atoms with van der Waals surface area (Å²) < 4.78 is 0. The molecule has 1 saturated heterocycles. The van der Waals surface area contributed by atoms with Crippen molar-refractivity contribution in [2.45, 2.75) is 51.4 Å². The van der Waals surface area contributed by atoms with Gasteiger partial charge in [-0.05, 0) is 81.3 Å². The number of piperidine rings is 1. The lowest BCUT2D eigenvalue weighted by atomic mass is 9.49. The maximum absolute atomic E-state index is 13.6. The molecule has 0 spiro atoms. The first kappa shape index (κ1) is 17.3. The van der Waals surface area contributed by atoms with Gasteiger partial charge in [-0.3, -0.25) is 9.59 Å². The van der Waals surface area contributed by atoms with Gasteiger partial charge in [-0.2, -0.15) is 0 Å². The summed E-state index contributed by atoms with van der Waals surface area (Å²) in [7, 11) is 0. The molecule has 2 amide bonds. The minimum Gasteiger partial charge on any atom is -0.341 e. The summed E-state index contributed by atoms with van der Waals surface area (Å²) in [4.78, 5) is 28.4. The van der Waals surface area contributed by atoms with Gasteiger partial charge >= 0.3 is 0 Å². The van der Waals surface area contributed by atoms with Gasteiger partial charge < -0.3 is 10.2 Å². The van der Waals surface area contributed by atoms with E-state index in [0.29, 0.717) is 12.5 Å². The minimum absolute atomic E-state index is 0.0595. The van der Waals surface area contributed by atoms with E-state index in [0.717, 1.165) is 62.1 Å². The molecule has 1 aliphatic heterocycles. The van der Waals surface area contributed by atoms with Gasteiger partial charge in [0.25, 0.3) is 0 Å². The molecule has 4 saturated carbocycles. The number of likely N-dealkylation sites (tertiary alicyclic amines) is 1. The Labute approximate surface area is 161 Å². The lowest BCUT2D eigenvalue weighted by Gasteiger charge is -2.57. The van der Waals surface area contributed by atoms with Crippen molar-refractivity contribution in [1.29, 1.82) is 0 Å². The zero-order valence-electron chi connectivity index (χ0n) is 16.0. The van der Waals surface area contributed by atoms with Gasteiger partial charge in [-0.15, -0.1) is 0 Å². The average Bonchev–Trinajstić information content (AvgIpc) is 2.67. The molecule has 1 aromatic carbocycles. The van der Waals surface area contributed by atoms with E-state index in [1.165, 1.54) is 19.3 Å². The predicted octanol–water partition coefficient (Wildman–Crippen LogP) is 4.08. The fraction of sp³-hybridized carbons (Fsp3) is 0.652. The molecular weight excluding hydrogens is 336 g/mol. The van der Waals surface area contributed by atoms with Crippen molar-refractivity contribution in [3.63, 3.8) is 0 Å². The second-order valence-electron chi connectivity index (χ2n) is 9.64. The maximum Gasteiger partial charge on any atom is 0.229 e. The molecule has 144 valence electrons. The van der Waals surface area contributed by atoms with Crippen LogP contribution in [0.1, 0.15) is 51.4 Å². The molecule has 27 heavy (non-hydrogen) atoms. The molecule has 0 aromatic heterocycles. The first-order valence-corrected chi connectivity index (χ1v) is 10.8. The largest absolute Gasteiger partial charge is 0.341 e. The van der Waals surface area contributed by atoms with Gasteiger partial charge in [0, 0.05) is 18.8 Å².